The van der Waals surface area contributed by atoms with Crippen molar-refractivity contribution in [1.82, 2.24) is 0 Å². The van der Waals surface area contributed by atoms with Crippen LogP contribution < -0.4 is 11.1 Å². The molecule has 2 aromatic carbocycles. The Morgan fingerprint density at radius 1 is 1.35 bits per heavy atom. The lowest BCUT2D eigenvalue weighted by atomic mass is 10.1. The minimum Gasteiger partial charge on any atom is -0.398 e. The molecule has 2 aromatic rings. The maximum Gasteiger partial charge on any atom is 0.259 e. The zero-order valence-corrected chi connectivity index (χ0v) is 11.5. The Balaban J connectivity index is 2.36. The molecule has 20 heavy (non-hydrogen) atoms. The van der Waals surface area contributed by atoms with Crippen LogP contribution in [0.25, 0.3) is 0 Å². The number of nitrogen functional groups attached to an aromatic ring is 1. The molecule has 1 amide bonds. The molecule has 0 atom stereocenters. The molecule has 2 rings (SSSR count). The van der Waals surface area contributed by atoms with Crippen LogP contribution in [0.3, 0.4) is 0 Å². The summed E-state index contributed by atoms with van der Waals surface area (Å²) in [6, 6.07) is 12.0. The Bertz CT molecular complexity index is 699. The lowest BCUT2D eigenvalue weighted by molar-refractivity contribution is 0.102. The number of halogens is 1. The summed E-state index contributed by atoms with van der Waals surface area (Å²) in [5, 5.41) is 11.9. The highest BCUT2D eigenvalue weighted by Crippen LogP contribution is 2.24. The molecule has 0 fully saturated rings. The van der Waals surface area contributed by atoms with Gasteiger partial charge in [-0.2, -0.15) is 5.26 Å². The smallest absolute Gasteiger partial charge is 0.259 e. The fraction of sp³-hybridized carbons (Fsp3) is 0.0667. The van der Waals surface area contributed by atoms with Gasteiger partial charge in [-0.15, -0.1) is 0 Å². The molecule has 4 nitrogen and oxygen atoms in total. The minimum absolute atomic E-state index is 0.232. The molecule has 0 bridgehead atoms. The third kappa shape index (κ3) is 2.73. The van der Waals surface area contributed by atoms with Crippen LogP contribution in [0.1, 0.15) is 21.5 Å². The predicted octanol–water partition coefficient (Wildman–Crippen LogP) is 3.35. The third-order valence-electron chi connectivity index (χ3n) is 2.89. The summed E-state index contributed by atoms with van der Waals surface area (Å²) in [6.45, 7) is 1.84. The molecular weight excluding hydrogens is 274 g/mol. The topological polar surface area (TPSA) is 78.9 Å². The average molecular weight is 286 g/mol. The van der Waals surface area contributed by atoms with Crippen LogP contribution >= 0.6 is 11.6 Å². The van der Waals surface area contributed by atoms with Gasteiger partial charge in [-0.25, -0.2) is 0 Å². The molecule has 0 aliphatic heterocycles. The maximum atomic E-state index is 12.2. The molecule has 3 N–H and O–H groups in total. The van der Waals surface area contributed by atoms with Gasteiger partial charge < -0.3 is 11.1 Å². The van der Waals surface area contributed by atoms with Crippen molar-refractivity contribution >= 4 is 28.9 Å². The summed E-state index contributed by atoms with van der Waals surface area (Å²) >= 11 is 6.00. The van der Waals surface area contributed by atoms with Gasteiger partial charge in [0.25, 0.3) is 5.91 Å². The average Bonchev–Trinajstić information content (AvgIpc) is 2.41. The van der Waals surface area contributed by atoms with Crippen molar-refractivity contribution in [2.24, 2.45) is 0 Å². The minimum atomic E-state index is -0.397. The zero-order valence-electron chi connectivity index (χ0n) is 10.8. The van der Waals surface area contributed by atoms with Crippen molar-refractivity contribution in [2.75, 3.05) is 11.1 Å². The fourth-order valence-corrected chi connectivity index (χ4v) is 2.06. The first-order valence-electron chi connectivity index (χ1n) is 5.89. The molecule has 0 aromatic heterocycles. The summed E-state index contributed by atoms with van der Waals surface area (Å²) in [4.78, 5) is 12.2. The predicted molar refractivity (Wildman–Crippen MR) is 79.7 cm³/mol. The van der Waals surface area contributed by atoms with Crippen molar-refractivity contribution in [3.8, 4) is 6.07 Å². The lowest BCUT2D eigenvalue weighted by Crippen LogP contribution is -2.15. The van der Waals surface area contributed by atoms with E-state index < -0.39 is 5.91 Å². The number of amides is 1. The monoisotopic (exact) mass is 285 g/mol. The Morgan fingerprint density at radius 3 is 2.75 bits per heavy atom. The summed E-state index contributed by atoms with van der Waals surface area (Å²) in [7, 11) is 0. The quantitative estimate of drug-likeness (QED) is 0.831. The summed E-state index contributed by atoms with van der Waals surface area (Å²) in [5.74, 6) is -0.397. The normalized spacial score (nSPS) is 9.85. The van der Waals surface area contributed by atoms with Crippen LogP contribution in [0.2, 0.25) is 5.02 Å². The second kappa shape index (κ2) is 5.64. The second-order valence-electron chi connectivity index (χ2n) is 4.30. The van der Waals surface area contributed by atoms with Gasteiger partial charge in [-0.3, -0.25) is 4.79 Å². The lowest BCUT2D eigenvalue weighted by Gasteiger charge is -2.11. The molecule has 0 aliphatic rings. The van der Waals surface area contributed by atoms with Crippen molar-refractivity contribution in [3.63, 3.8) is 0 Å². The SMILES string of the molecule is Cc1ccc(C#N)cc1NC(=O)c1c(N)cccc1Cl. The zero-order chi connectivity index (χ0) is 14.7. The number of hydrogen-bond acceptors (Lipinski definition) is 3. The Labute approximate surface area is 121 Å². The van der Waals surface area contributed by atoms with Crippen LogP contribution in [0.4, 0.5) is 11.4 Å². The van der Waals surface area contributed by atoms with Crippen molar-refractivity contribution in [1.29, 1.82) is 5.26 Å². The number of nitrogens with two attached hydrogens (primary N) is 1. The number of nitrogens with one attached hydrogen (secondary N) is 1. The summed E-state index contributed by atoms with van der Waals surface area (Å²) in [5.41, 5.74) is 8.20. The molecule has 0 saturated carbocycles. The van der Waals surface area contributed by atoms with Gasteiger partial charge in [-0.05, 0) is 36.8 Å². The number of hydrogen-bond donors (Lipinski definition) is 2. The van der Waals surface area contributed by atoms with Gasteiger partial charge in [0.05, 0.1) is 22.2 Å². The van der Waals surface area contributed by atoms with E-state index >= 15 is 0 Å². The fourth-order valence-electron chi connectivity index (χ4n) is 1.79. The second-order valence-corrected chi connectivity index (χ2v) is 4.71. The van der Waals surface area contributed by atoms with Gasteiger partial charge >= 0.3 is 0 Å². The number of carbonyl (C=O) groups excluding carboxylic acids is 1. The molecule has 0 saturated heterocycles. The Morgan fingerprint density at radius 2 is 2.10 bits per heavy atom. The molecule has 100 valence electrons. The van der Waals surface area contributed by atoms with Gasteiger partial charge in [0.2, 0.25) is 0 Å². The van der Waals surface area contributed by atoms with Gasteiger partial charge in [-0.1, -0.05) is 23.7 Å². The first kappa shape index (κ1) is 13.9. The van der Waals surface area contributed by atoms with Crippen LogP contribution in [0, 0.1) is 18.3 Å². The number of carbonyl (C=O) groups is 1. The van der Waals surface area contributed by atoms with E-state index in [2.05, 4.69) is 5.32 Å². The Hall–Kier alpha value is -2.51. The number of nitrogens with zero attached hydrogens (tertiary/aromatic N) is 1. The van der Waals surface area contributed by atoms with E-state index in [1.54, 1.807) is 36.4 Å². The van der Waals surface area contributed by atoms with E-state index in [-0.39, 0.29) is 10.6 Å². The van der Waals surface area contributed by atoms with E-state index in [9.17, 15) is 4.79 Å². The van der Waals surface area contributed by atoms with E-state index in [0.29, 0.717) is 16.9 Å². The molecule has 0 unspecified atom stereocenters. The number of benzene rings is 2. The maximum absolute atomic E-state index is 12.2. The van der Waals surface area contributed by atoms with E-state index in [0.717, 1.165) is 5.56 Å². The van der Waals surface area contributed by atoms with Crippen LogP contribution in [-0.4, -0.2) is 5.91 Å². The number of rotatable bonds is 2. The van der Waals surface area contributed by atoms with Crippen LogP contribution in [0.15, 0.2) is 36.4 Å². The standard InChI is InChI=1S/C15H12ClN3O/c1-9-5-6-10(8-17)7-13(9)19-15(20)14-11(16)3-2-4-12(14)18/h2-7H,18H2,1H3,(H,19,20). The molecule has 0 spiro atoms. The van der Waals surface area contributed by atoms with Gasteiger partial charge in [0, 0.05) is 11.4 Å². The first-order valence-corrected chi connectivity index (χ1v) is 6.27. The highest BCUT2D eigenvalue weighted by atomic mass is 35.5. The van der Waals surface area contributed by atoms with E-state index in [1.807, 2.05) is 13.0 Å². The molecule has 5 heteroatoms. The van der Waals surface area contributed by atoms with E-state index in [4.69, 9.17) is 22.6 Å². The largest absolute Gasteiger partial charge is 0.398 e. The van der Waals surface area contributed by atoms with Crippen LogP contribution in [-0.2, 0) is 0 Å². The molecule has 0 radical (unpaired) electrons. The number of anilines is 2. The third-order valence-corrected chi connectivity index (χ3v) is 3.20. The van der Waals surface area contributed by atoms with Crippen molar-refractivity contribution in [2.45, 2.75) is 6.92 Å². The number of nitriles is 1. The van der Waals surface area contributed by atoms with Crippen LogP contribution in [0.5, 0.6) is 0 Å². The van der Waals surface area contributed by atoms with Crippen molar-refractivity contribution < 1.29 is 4.79 Å². The Kier molecular flexibility index (Phi) is 3.92. The van der Waals surface area contributed by atoms with Gasteiger partial charge in [0.15, 0.2) is 0 Å². The van der Waals surface area contributed by atoms with Crippen molar-refractivity contribution in [3.05, 3.63) is 58.1 Å². The summed E-state index contributed by atoms with van der Waals surface area (Å²) < 4.78 is 0. The highest BCUT2D eigenvalue weighted by molar-refractivity contribution is 6.35. The first-order chi connectivity index (χ1) is 9.52. The molecular formula is C15H12ClN3O. The summed E-state index contributed by atoms with van der Waals surface area (Å²) in [6.07, 6.45) is 0. The molecule has 0 aliphatic carbocycles. The highest BCUT2D eigenvalue weighted by Gasteiger charge is 2.15. The van der Waals surface area contributed by atoms with E-state index in [1.165, 1.54) is 0 Å². The number of aryl methyl sites for hydroxylation is 1. The van der Waals surface area contributed by atoms with Gasteiger partial charge in [0.1, 0.15) is 0 Å². The molecule has 0 heterocycles.